The SMILES string of the molecule is O=[N+]([O-])c1ccc(CCNCc2cccc(O)c2)cc1. The molecule has 0 aromatic heterocycles. The van der Waals surface area contributed by atoms with Gasteiger partial charge in [-0.2, -0.15) is 0 Å². The van der Waals surface area contributed by atoms with Crippen molar-refractivity contribution >= 4 is 5.69 Å². The van der Waals surface area contributed by atoms with Gasteiger partial charge in [0, 0.05) is 18.7 Å². The van der Waals surface area contributed by atoms with Crippen LogP contribution in [0.3, 0.4) is 0 Å². The lowest BCUT2D eigenvalue weighted by Crippen LogP contribution is -2.16. The fourth-order valence-electron chi connectivity index (χ4n) is 1.92. The number of hydrogen-bond acceptors (Lipinski definition) is 4. The van der Waals surface area contributed by atoms with Crippen LogP contribution in [0.1, 0.15) is 11.1 Å². The predicted molar refractivity (Wildman–Crippen MR) is 76.6 cm³/mol. The summed E-state index contributed by atoms with van der Waals surface area (Å²) >= 11 is 0. The number of nitro groups is 1. The molecular weight excluding hydrogens is 256 g/mol. The fourth-order valence-corrected chi connectivity index (χ4v) is 1.92. The molecule has 0 heterocycles. The van der Waals surface area contributed by atoms with Crippen LogP contribution in [0.15, 0.2) is 48.5 Å². The summed E-state index contributed by atoms with van der Waals surface area (Å²) in [4.78, 5) is 10.1. The van der Waals surface area contributed by atoms with E-state index < -0.39 is 4.92 Å². The highest BCUT2D eigenvalue weighted by molar-refractivity contribution is 5.33. The zero-order valence-corrected chi connectivity index (χ0v) is 11.0. The molecular formula is C15H16N2O3. The van der Waals surface area contributed by atoms with Crippen molar-refractivity contribution in [2.75, 3.05) is 6.54 Å². The van der Waals surface area contributed by atoms with Gasteiger partial charge in [0.2, 0.25) is 0 Å². The first-order valence-electron chi connectivity index (χ1n) is 6.37. The Morgan fingerprint density at radius 2 is 1.85 bits per heavy atom. The monoisotopic (exact) mass is 272 g/mol. The van der Waals surface area contributed by atoms with Crippen LogP contribution in [0, 0.1) is 10.1 Å². The molecule has 0 fully saturated rings. The van der Waals surface area contributed by atoms with Crippen molar-refractivity contribution in [3.05, 3.63) is 69.8 Å². The van der Waals surface area contributed by atoms with E-state index in [9.17, 15) is 15.2 Å². The topological polar surface area (TPSA) is 75.4 Å². The van der Waals surface area contributed by atoms with E-state index in [0.717, 1.165) is 24.1 Å². The third-order valence-corrected chi connectivity index (χ3v) is 2.98. The fraction of sp³-hybridized carbons (Fsp3) is 0.200. The van der Waals surface area contributed by atoms with Crippen LogP contribution in [-0.4, -0.2) is 16.6 Å². The van der Waals surface area contributed by atoms with E-state index in [4.69, 9.17) is 0 Å². The second-order valence-corrected chi connectivity index (χ2v) is 4.52. The average molecular weight is 272 g/mol. The molecule has 0 aliphatic rings. The smallest absolute Gasteiger partial charge is 0.269 e. The summed E-state index contributed by atoms with van der Waals surface area (Å²) in [5, 5.41) is 23.1. The Morgan fingerprint density at radius 1 is 1.10 bits per heavy atom. The van der Waals surface area contributed by atoms with Gasteiger partial charge in [-0.3, -0.25) is 10.1 Å². The zero-order valence-electron chi connectivity index (χ0n) is 11.0. The molecule has 2 aromatic carbocycles. The number of benzene rings is 2. The quantitative estimate of drug-likeness (QED) is 0.481. The Kier molecular flexibility index (Phi) is 4.68. The lowest BCUT2D eigenvalue weighted by atomic mass is 10.1. The Hall–Kier alpha value is -2.40. The minimum absolute atomic E-state index is 0.112. The summed E-state index contributed by atoms with van der Waals surface area (Å²) in [6.45, 7) is 1.45. The molecule has 2 aromatic rings. The van der Waals surface area contributed by atoms with Crippen molar-refractivity contribution in [3.8, 4) is 5.75 Å². The average Bonchev–Trinajstić information content (AvgIpc) is 2.44. The van der Waals surface area contributed by atoms with Gasteiger partial charge in [0.05, 0.1) is 4.92 Å². The maximum Gasteiger partial charge on any atom is 0.269 e. The molecule has 5 heteroatoms. The van der Waals surface area contributed by atoms with Crippen molar-refractivity contribution in [1.82, 2.24) is 5.32 Å². The van der Waals surface area contributed by atoms with E-state index >= 15 is 0 Å². The zero-order chi connectivity index (χ0) is 14.4. The van der Waals surface area contributed by atoms with Gasteiger partial charge >= 0.3 is 0 Å². The van der Waals surface area contributed by atoms with Gasteiger partial charge in [0.15, 0.2) is 0 Å². The molecule has 0 amide bonds. The molecule has 0 aliphatic carbocycles. The van der Waals surface area contributed by atoms with Crippen LogP contribution in [-0.2, 0) is 13.0 Å². The van der Waals surface area contributed by atoms with Gasteiger partial charge in [-0.05, 0) is 36.2 Å². The van der Waals surface area contributed by atoms with Crippen LogP contribution in [0.2, 0.25) is 0 Å². The summed E-state index contributed by atoms with van der Waals surface area (Å²) in [5.74, 6) is 0.264. The van der Waals surface area contributed by atoms with Crippen LogP contribution in [0.4, 0.5) is 5.69 Å². The number of rotatable bonds is 6. The number of nitro benzene ring substituents is 1. The van der Waals surface area contributed by atoms with Crippen LogP contribution < -0.4 is 5.32 Å². The number of phenolic OH excluding ortho intramolecular Hbond substituents is 1. The van der Waals surface area contributed by atoms with E-state index in [1.54, 1.807) is 24.3 Å². The third kappa shape index (κ3) is 4.07. The van der Waals surface area contributed by atoms with Crippen LogP contribution in [0.5, 0.6) is 5.75 Å². The molecule has 0 saturated heterocycles. The maximum atomic E-state index is 10.5. The van der Waals surface area contributed by atoms with Gasteiger partial charge in [-0.1, -0.05) is 24.3 Å². The van der Waals surface area contributed by atoms with Crippen molar-refractivity contribution in [2.24, 2.45) is 0 Å². The molecule has 0 radical (unpaired) electrons. The largest absolute Gasteiger partial charge is 0.508 e. The van der Waals surface area contributed by atoms with E-state index in [1.807, 2.05) is 12.1 Å². The van der Waals surface area contributed by atoms with Gasteiger partial charge in [-0.25, -0.2) is 0 Å². The highest BCUT2D eigenvalue weighted by Crippen LogP contribution is 2.12. The summed E-state index contributed by atoms with van der Waals surface area (Å²) < 4.78 is 0. The number of nitrogens with zero attached hydrogens (tertiary/aromatic N) is 1. The first-order valence-corrected chi connectivity index (χ1v) is 6.37. The Bertz CT molecular complexity index is 582. The molecule has 2 rings (SSSR count). The third-order valence-electron chi connectivity index (χ3n) is 2.98. The second kappa shape index (κ2) is 6.68. The lowest BCUT2D eigenvalue weighted by molar-refractivity contribution is -0.384. The summed E-state index contributed by atoms with van der Waals surface area (Å²) in [5.41, 5.74) is 2.19. The Morgan fingerprint density at radius 3 is 2.50 bits per heavy atom. The second-order valence-electron chi connectivity index (χ2n) is 4.52. The molecule has 104 valence electrons. The van der Waals surface area contributed by atoms with Gasteiger partial charge < -0.3 is 10.4 Å². The predicted octanol–water partition coefficient (Wildman–Crippen LogP) is 2.63. The molecule has 0 saturated carbocycles. The summed E-state index contributed by atoms with van der Waals surface area (Å²) in [7, 11) is 0. The highest BCUT2D eigenvalue weighted by Gasteiger charge is 2.03. The molecule has 2 N–H and O–H groups in total. The van der Waals surface area contributed by atoms with Crippen molar-refractivity contribution in [1.29, 1.82) is 0 Å². The van der Waals surface area contributed by atoms with Gasteiger partial charge in [0.1, 0.15) is 5.75 Å². The first-order chi connectivity index (χ1) is 9.65. The van der Waals surface area contributed by atoms with E-state index in [1.165, 1.54) is 12.1 Å². The number of nitrogens with one attached hydrogen (secondary N) is 1. The van der Waals surface area contributed by atoms with E-state index in [2.05, 4.69) is 5.32 Å². The van der Waals surface area contributed by atoms with E-state index in [-0.39, 0.29) is 11.4 Å². The number of hydrogen-bond donors (Lipinski definition) is 2. The van der Waals surface area contributed by atoms with Gasteiger partial charge in [-0.15, -0.1) is 0 Å². The minimum Gasteiger partial charge on any atom is -0.508 e. The highest BCUT2D eigenvalue weighted by atomic mass is 16.6. The van der Waals surface area contributed by atoms with Gasteiger partial charge in [0.25, 0.3) is 5.69 Å². The first kappa shape index (κ1) is 14.0. The molecule has 5 nitrogen and oxygen atoms in total. The molecule has 0 bridgehead atoms. The maximum absolute atomic E-state index is 10.5. The number of aromatic hydroxyl groups is 1. The number of non-ortho nitro benzene ring substituents is 1. The summed E-state index contributed by atoms with van der Waals surface area (Å²) in [6, 6.07) is 13.7. The summed E-state index contributed by atoms with van der Waals surface area (Å²) in [6.07, 6.45) is 0.802. The lowest BCUT2D eigenvalue weighted by Gasteiger charge is -2.05. The van der Waals surface area contributed by atoms with Crippen LogP contribution in [0.25, 0.3) is 0 Å². The molecule has 20 heavy (non-hydrogen) atoms. The standard InChI is InChI=1S/C15H16N2O3/c18-15-3-1-2-13(10-15)11-16-9-8-12-4-6-14(7-5-12)17(19)20/h1-7,10,16,18H,8-9,11H2. The molecule has 0 spiro atoms. The number of phenols is 1. The molecule has 0 atom stereocenters. The minimum atomic E-state index is -0.399. The van der Waals surface area contributed by atoms with Crippen molar-refractivity contribution in [2.45, 2.75) is 13.0 Å². The Balaban J connectivity index is 1.77. The molecule has 0 unspecified atom stereocenters. The van der Waals surface area contributed by atoms with Crippen molar-refractivity contribution < 1.29 is 10.0 Å². The Labute approximate surface area is 117 Å². The van der Waals surface area contributed by atoms with Crippen molar-refractivity contribution in [3.63, 3.8) is 0 Å². The molecule has 0 aliphatic heterocycles. The normalized spacial score (nSPS) is 10.4. The van der Waals surface area contributed by atoms with E-state index in [0.29, 0.717) is 6.54 Å². The van der Waals surface area contributed by atoms with Crippen LogP contribution >= 0.6 is 0 Å².